The maximum atomic E-state index is 12.1. The molecule has 1 saturated carbocycles. The zero-order valence-corrected chi connectivity index (χ0v) is 14.6. The Morgan fingerprint density at radius 2 is 2.04 bits per heavy atom. The van der Waals surface area contributed by atoms with E-state index in [1.165, 1.54) is 0 Å². The number of rotatable bonds is 10. The minimum atomic E-state index is -3.44. The molecule has 0 radical (unpaired) electrons. The van der Waals surface area contributed by atoms with Gasteiger partial charge in [0.2, 0.25) is 15.9 Å². The Labute approximate surface area is 143 Å². The topological polar surface area (TPSA) is 84.5 Å². The van der Waals surface area contributed by atoms with Crippen molar-refractivity contribution in [2.75, 3.05) is 6.61 Å². The second-order valence-corrected chi connectivity index (χ2v) is 7.56. The highest BCUT2D eigenvalue weighted by Gasteiger charge is 2.27. The summed E-state index contributed by atoms with van der Waals surface area (Å²) in [5.74, 6) is -0.203. The van der Waals surface area contributed by atoms with Gasteiger partial charge in [-0.1, -0.05) is 18.2 Å². The van der Waals surface area contributed by atoms with Gasteiger partial charge < -0.3 is 10.1 Å². The van der Waals surface area contributed by atoms with Crippen LogP contribution in [0, 0.1) is 0 Å². The van der Waals surface area contributed by atoms with Crippen LogP contribution in [0.3, 0.4) is 0 Å². The number of hydrogen-bond donors (Lipinski definition) is 2. The average molecular weight is 352 g/mol. The molecule has 0 bridgehead atoms. The normalized spacial score (nSPS) is 15.7. The summed E-state index contributed by atoms with van der Waals surface area (Å²) in [4.78, 5) is 12.1. The number of benzene rings is 1. The number of carbonyl (C=O) groups excluding carboxylic acids is 1. The summed E-state index contributed by atoms with van der Waals surface area (Å²) in [5.41, 5.74) is 0.826. The van der Waals surface area contributed by atoms with E-state index in [0.717, 1.165) is 18.4 Å². The zero-order valence-electron chi connectivity index (χ0n) is 13.8. The molecule has 24 heavy (non-hydrogen) atoms. The van der Waals surface area contributed by atoms with Crippen LogP contribution < -0.4 is 10.0 Å². The fourth-order valence-electron chi connectivity index (χ4n) is 2.01. The van der Waals surface area contributed by atoms with Crippen molar-refractivity contribution >= 4 is 15.9 Å². The SMILES string of the molecule is C=CCCOC(C)C(=O)NCc1ccc(S(=O)(=O)NC2CC2)cc1. The minimum Gasteiger partial charge on any atom is -0.368 e. The fourth-order valence-corrected chi connectivity index (χ4v) is 3.32. The lowest BCUT2D eigenvalue weighted by atomic mass is 10.2. The maximum Gasteiger partial charge on any atom is 0.249 e. The molecule has 0 spiro atoms. The monoisotopic (exact) mass is 352 g/mol. The summed E-state index contributed by atoms with van der Waals surface area (Å²) >= 11 is 0. The number of ether oxygens (including phenoxy) is 1. The van der Waals surface area contributed by atoms with Gasteiger partial charge in [-0.15, -0.1) is 6.58 Å². The fraction of sp³-hybridized carbons (Fsp3) is 0.471. The van der Waals surface area contributed by atoms with Gasteiger partial charge in [0.05, 0.1) is 11.5 Å². The van der Waals surface area contributed by atoms with E-state index in [1.807, 2.05) is 0 Å². The van der Waals surface area contributed by atoms with Crippen LogP contribution in [0.5, 0.6) is 0 Å². The first-order valence-corrected chi connectivity index (χ1v) is 9.52. The van der Waals surface area contributed by atoms with E-state index < -0.39 is 16.1 Å². The van der Waals surface area contributed by atoms with Crippen molar-refractivity contribution in [1.29, 1.82) is 0 Å². The van der Waals surface area contributed by atoms with Crippen molar-refractivity contribution in [1.82, 2.24) is 10.0 Å². The van der Waals surface area contributed by atoms with Gasteiger partial charge in [-0.3, -0.25) is 4.79 Å². The van der Waals surface area contributed by atoms with E-state index in [1.54, 1.807) is 37.3 Å². The third-order valence-corrected chi connectivity index (χ3v) is 5.20. The van der Waals surface area contributed by atoms with Gasteiger partial charge in [0, 0.05) is 12.6 Å². The molecular weight excluding hydrogens is 328 g/mol. The Morgan fingerprint density at radius 3 is 2.62 bits per heavy atom. The molecule has 0 heterocycles. The molecule has 2 rings (SSSR count). The van der Waals surface area contributed by atoms with E-state index in [2.05, 4.69) is 16.6 Å². The summed E-state index contributed by atoms with van der Waals surface area (Å²) < 4.78 is 32.1. The van der Waals surface area contributed by atoms with Gasteiger partial charge in [-0.2, -0.15) is 0 Å². The molecule has 1 aliphatic rings. The third-order valence-electron chi connectivity index (χ3n) is 3.66. The van der Waals surface area contributed by atoms with E-state index in [0.29, 0.717) is 19.6 Å². The number of amides is 1. The molecule has 132 valence electrons. The second kappa shape index (κ2) is 8.41. The van der Waals surface area contributed by atoms with Crippen LogP contribution >= 0.6 is 0 Å². The Balaban J connectivity index is 1.83. The van der Waals surface area contributed by atoms with Gasteiger partial charge in [0.1, 0.15) is 6.10 Å². The van der Waals surface area contributed by atoms with Gasteiger partial charge in [0.25, 0.3) is 0 Å². The van der Waals surface area contributed by atoms with Crippen molar-refractivity contribution in [3.8, 4) is 0 Å². The molecule has 0 aromatic heterocycles. The standard InChI is InChI=1S/C17H24N2O4S/c1-3-4-11-23-13(2)17(20)18-12-14-5-9-16(10-6-14)24(21,22)19-15-7-8-15/h3,5-6,9-10,13,15,19H,1,4,7-8,11-12H2,2H3,(H,18,20). The summed E-state index contributed by atoms with van der Waals surface area (Å²) in [6.45, 7) is 6.07. The largest absolute Gasteiger partial charge is 0.368 e. The van der Waals surface area contributed by atoms with Crippen molar-refractivity contribution in [3.05, 3.63) is 42.5 Å². The molecule has 1 aromatic rings. The number of carbonyl (C=O) groups is 1. The van der Waals surface area contributed by atoms with Gasteiger partial charge in [-0.05, 0) is 43.9 Å². The van der Waals surface area contributed by atoms with Crippen molar-refractivity contribution in [2.45, 2.75) is 49.8 Å². The molecule has 7 heteroatoms. The van der Waals surface area contributed by atoms with Crippen LogP contribution in [-0.2, 0) is 26.1 Å². The van der Waals surface area contributed by atoms with E-state index >= 15 is 0 Å². The second-order valence-electron chi connectivity index (χ2n) is 5.85. The van der Waals surface area contributed by atoms with E-state index in [-0.39, 0.29) is 16.8 Å². The molecule has 6 nitrogen and oxygen atoms in total. The predicted octanol–water partition coefficient (Wildman–Crippen LogP) is 1.72. The smallest absolute Gasteiger partial charge is 0.249 e. The lowest BCUT2D eigenvalue weighted by molar-refractivity contribution is -0.131. The Kier molecular flexibility index (Phi) is 6.53. The Morgan fingerprint density at radius 1 is 1.38 bits per heavy atom. The summed E-state index contributed by atoms with van der Waals surface area (Å²) in [6, 6.07) is 6.58. The Hall–Kier alpha value is -1.70. The molecule has 1 atom stereocenters. The van der Waals surface area contributed by atoms with Crippen molar-refractivity contribution in [2.24, 2.45) is 0 Å². The molecule has 1 fully saturated rings. The highest BCUT2D eigenvalue weighted by Crippen LogP contribution is 2.22. The summed E-state index contributed by atoms with van der Waals surface area (Å²) in [7, 11) is -3.44. The average Bonchev–Trinajstić information content (AvgIpc) is 3.36. The van der Waals surface area contributed by atoms with Crippen LogP contribution in [0.15, 0.2) is 41.8 Å². The molecule has 0 saturated heterocycles. The summed E-state index contributed by atoms with van der Waals surface area (Å²) in [5, 5.41) is 2.77. The van der Waals surface area contributed by atoms with Crippen LogP contribution in [-0.4, -0.2) is 33.1 Å². The molecule has 1 aliphatic carbocycles. The van der Waals surface area contributed by atoms with Crippen LogP contribution in [0.1, 0.15) is 31.7 Å². The quantitative estimate of drug-likeness (QED) is 0.496. The zero-order chi connectivity index (χ0) is 17.6. The minimum absolute atomic E-state index is 0.0801. The van der Waals surface area contributed by atoms with Crippen LogP contribution in [0.2, 0.25) is 0 Å². The molecule has 2 N–H and O–H groups in total. The first-order valence-electron chi connectivity index (χ1n) is 8.04. The van der Waals surface area contributed by atoms with Gasteiger partial charge >= 0.3 is 0 Å². The summed E-state index contributed by atoms with van der Waals surface area (Å²) in [6.07, 6.45) is 3.69. The van der Waals surface area contributed by atoms with Gasteiger partial charge in [-0.25, -0.2) is 13.1 Å². The van der Waals surface area contributed by atoms with Crippen LogP contribution in [0.4, 0.5) is 0 Å². The molecule has 1 amide bonds. The molecule has 1 aromatic carbocycles. The maximum absolute atomic E-state index is 12.1. The molecule has 1 unspecified atom stereocenters. The lowest BCUT2D eigenvalue weighted by Crippen LogP contribution is -2.34. The highest BCUT2D eigenvalue weighted by molar-refractivity contribution is 7.89. The number of hydrogen-bond acceptors (Lipinski definition) is 4. The first-order chi connectivity index (χ1) is 11.4. The number of sulfonamides is 1. The van der Waals surface area contributed by atoms with Crippen molar-refractivity contribution < 1.29 is 17.9 Å². The number of nitrogens with one attached hydrogen (secondary N) is 2. The molecule has 0 aliphatic heterocycles. The third kappa shape index (κ3) is 5.74. The lowest BCUT2D eigenvalue weighted by Gasteiger charge is -2.13. The van der Waals surface area contributed by atoms with E-state index in [4.69, 9.17) is 4.74 Å². The van der Waals surface area contributed by atoms with Crippen LogP contribution in [0.25, 0.3) is 0 Å². The highest BCUT2D eigenvalue weighted by atomic mass is 32.2. The predicted molar refractivity (Wildman–Crippen MR) is 91.9 cm³/mol. The molecular formula is C17H24N2O4S. The van der Waals surface area contributed by atoms with E-state index in [9.17, 15) is 13.2 Å². The van der Waals surface area contributed by atoms with Crippen molar-refractivity contribution in [3.63, 3.8) is 0 Å². The van der Waals surface area contributed by atoms with Gasteiger partial charge in [0.15, 0.2) is 0 Å². The Bertz CT molecular complexity index is 666. The first kappa shape index (κ1) is 18.6.